The summed E-state index contributed by atoms with van der Waals surface area (Å²) in [5.74, 6) is -0.222. The van der Waals surface area contributed by atoms with Crippen LogP contribution in [0.3, 0.4) is 0 Å². The lowest BCUT2D eigenvalue weighted by Crippen LogP contribution is -2.18. The SMILES string of the molecule is CSc1ccccc1C(=O)Nc1cc(Cl)ccc1C(N)=S. The monoisotopic (exact) mass is 336 g/mol. The predicted molar refractivity (Wildman–Crippen MR) is 93.5 cm³/mol. The van der Waals surface area contributed by atoms with E-state index in [1.54, 1.807) is 24.3 Å². The number of carbonyl (C=O) groups is 1. The first-order valence-corrected chi connectivity index (χ1v) is 8.07. The second-order valence-electron chi connectivity index (χ2n) is 4.21. The molecule has 0 atom stereocenters. The Morgan fingerprint density at radius 1 is 1.24 bits per heavy atom. The van der Waals surface area contributed by atoms with E-state index >= 15 is 0 Å². The van der Waals surface area contributed by atoms with Crippen molar-refractivity contribution in [3.8, 4) is 0 Å². The molecule has 2 aromatic carbocycles. The molecule has 3 nitrogen and oxygen atoms in total. The molecule has 21 heavy (non-hydrogen) atoms. The summed E-state index contributed by atoms with van der Waals surface area (Å²) in [7, 11) is 0. The van der Waals surface area contributed by atoms with Gasteiger partial charge in [-0.3, -0.25) is 4.79 Å². The minimum absolute atomic E-state index is 0.208. The zero-order valence-electron chi connectivity index (χ0n) is 11.2. The fourth-order valence-corrected chi connectivity index (χ4v) is 2.80. The van der Waals surface area contributed by atoms with Crippen molar-refractivity contribution in [3.63, 3.8) is 0 Å². The number of hydrogen-bond acceptors (Lipinski definition) is 3. The van der Waals surface area contributed by atoms with Crippen molar-refractivity contribution in [1.82, 2.24) is 0 Å². The van der Waals surface area contributed by atoms with E-state index in [2.05, 4.69) is 5.32 Å². The highest BCUT2D eigenvalue weighted by Crippen LogP contribution is 2.24. The quantitative estimate of drug-likeness (QED) is 0.655. The van der Waals surface area contributed by atoms with E-state index in [0.29, 0.717) is 21.8 Å². The highest BCUT2D eigenvalue weighted by Gasteiger charge is 2.14. The van der Waals surface area contributed by atoms with Gasteiger partial charge in [0.05, 0.1) is 11.3 Å². The summed E-state index contributed by atoms with van der Waals surface area (Å²) in [6.07, 6.45) is 1.92. The van der Waals surface area contributed by atoms with Gasteiger partial charge < -0.3 is 11.1 Å². The summed E-state index contributed by atoms with van der Waals surface area (Å²) in [6.45, 7) is 0. The van der Waals surface area contributed by atoms with Gasteiger partial charge in [-0.15, -0.1) is 11.8 Å². The Morgan fingerprint density at radius 3 is 2.62 bits per heavy atom. The number of nitrogens with two attached hydrogens (primary N) is 1. The molecule has 0 aliphatic carbocycles. The van der Waals surface area contributed by atoms with E-state index in [0.717, 1.165) is 4.90 Å². The highest BCUT2D eigenvalue weighted by atomic mass is 35.5. The van der Waals surface area contributed by atoms with Crippen LogP contribution in [-0.4, -0.2) is 17.2 Å². The van der Waals surface area contributed by atoms with Crippen LogP contribution < -0.4 is 11.1 Å². The smallest absolute Gasteiger partial charge is 0.256 e. The minimum atomic E-state index is -0.222. The van der Waals surface area contributed by atoms with Crippen molar-refractivity contribution in [1.29, 1.82) is 0 Å². The molecule has 0 radical (unpaired) electrons. The van der Waals surface area contributed by atoms with E-state index < -0.39 is 0 Å². The summed E-state index contributed by atoms with van der Waals surface area (Å²) in [5.41, 5.74) is 7.36. The molecule has 0 fully saturated rings. The Bertz CT molecular complexity index is 704. The van der Waals surface area contributed by atoms with E-state index in [1.807, 2.05) is 24.5 Å². The zero-order valence-corrected chi connectivity index (χ0v) is 13.6. The number of thiocarbonyl (C=S) groups is 1. The number of halogens is 1. The van der Waals surface area contributed by atoms with Crippen molar-refractivity contribution in [2.24, 2.45) is 5.73 Å². The molecular weight excluding hydrogens is 324 g/mol. The molecule has 0 saturated carbocycles. The fraction of sp³-hybridized carbons (Fsp3) is 0.0667. The molecular formula is C15H13ClN2OS2. The first kappa shape index (κ1) is 15.8. The largest absolute Gasteiger partial charge is 0.389 e. The first-order chi connectivity index (χ1) is 10.0. The van der Waals surface area contributed by atoms with Crippen molar-refractivity contribution < 1.29 is 4.79 Å². The molecule has 2 aromatic rings. The molecule has 0 aromatic heterocycles. The topological polar surface area (TPSA) is 55.1 Å². The summed E-state index contributed by atoms with van der Waals surface area (Å²) in [6, 6.07) is 12.4. The Balaban J connectivity index is 2.36. The van der Waals surface area contributed by atoms with Crippen molar-refractivity contribution >= 4 is 52.2 Å². The maximum atomic E-state index is 12.4. The number of anilines is 1. The maximum absolute atomic E-state index is 12.4. The Morgan fingerprint density at radius 2 is 1.95 bits per heavy atom. The zero-order chi connectivity index (χ0) is 15.4. The lowest BCUT2D eigenvalue weighted by Gasteiger charge is -2.12. The minimum Gasteiger partial charge on any atom is -0.389 e. The molecule has 6 heteroatoms. The molecule has 1 amide bonds. The van der Waals surface area contributed by atoms with Crippen LogP contribution in [0.1, 0.15) is 15.9 Å². The average Bonchev–Trinajstić information content (AvgIpc) is 2.46. The van der Waals surface area contributed by atoms with Gasteiger partial charge in [-0.05, 0) is 36.6 Å². The van der Waals surface area contributed by atoms with Crippen LogP contribution in [0.25, 0.3) is 0 Å². The number of hydrogen-bond donors (Lipinski definition) is 2. The van der Waals surface area contributed by atoms with Gasteiger partial charge in [0, 0.05) is 15.5 Å². The predicted octanol–water partition coefficient (Wildman–Crippen LogP) is 3.95. The normalized spacial score (nSPS) is 10.2. The van der Waals surface area contributed by atoms with E-state index in [-0.39, 0.29) is 10.9 Å². The molecule has 0 unspecified atom stereocenters. The average molecular weight is 337 g/mol. The van der Waals surface area contributed by atoms with Gasteiger partial charge in [0.25, 0.3) is 5.91 Å². The summed E-state index contributed by atoms with van der Waals surface area (Å²) >= 11 is 12.5. The number of carbonyl (C=O) groups excluding carboxylic acids is 1. The second kappa shape index (κ2) is 6.93. The summed E-state index contributed by atoms with van der Waals surface area (Å²) in [4.78, 5) is 13.5. The second-order valence-corrected chi connectivity index (χ2v) is 5.93. The van der Waals surface area contributed by atoms with Crippen LogP contribution in [0.4, 0.5) is 5.69 Å². The van der Waals surface area contributed by atoms with Crippen molar-refractivity contribution in [2.75, 3.05) is 11.6 Å². The lowest BCUT2D eigenvalue weighted by molar-refractivity contribution is 0.102. The Hall–Kier alpha value is -1.56. The number of rotatable bonds is 4. The van der Waals surface area contributed by atoms with Crippen molar-refractivity contribution in [3.05, 3.63) is 58.6 Å². The van der Waals surface area contributed by atoms with Crippen LogP contribution in [-0.2, 0) is 0 Å². The third kappa shape index (κ3) is 3.75. The van der Waals surface area contributed by atoms with E-state index in [9.17, 15) is 4.79 Å². The summed E-state index contributed by atoms with van der Waals surface area (Å²) in [5, 5.41) is 3.32. The fourth-order valence-electron chi connectivity index (χ4n) is 1.86. The molecule has 0 saturated heterocycles. The Kier molecular flexibility index (Phi) is 5.22. The molecule has 3 N–H and O–H groups in total. The summed E-state index contributed by atoms with van der Waals surface area (Å²) < 4.78 is 0. The van der Waals surface area contributed by atoms with Crippen LogP contribution in [0.5, 0.6) is 0 Å². The number of amides is 1. The van der Waals surface area contributed by atoms with Crippen LogP contribution in [0.2, 0.25) is 5.02 Å². The third-order valence-electron chi connectivity index (χ3n) is 2.85. The third-order valence-corrected chi connectivity index (χ3v) is 4.10. The number of nitrogens with one attached hydrogen (secondary N) is 1. The van der Waals surface area contributed by atoms with Gasteiger partial charge in [0.15, 0.2) is 0 Å². The molecule has 0 bridgehead atoms. The van der Waals surface area contributed by atoms with Crippen molar-refractivity contribution in [2.45, 2.75) is 4.90 Å². The maximum Gasteiger partial charge on any atom is 0.256 e. The number of benzene rings is 2. The van der Waals surface area contributed by atoms with Gasteiger partial charge in [-0.2, -0.15) is 0 Å². The lowest BCUT2D eigenvalue weighted by atomic mass is 10.1. The van der Waals surface area contributed by atoms with Gasteiger partial charge in [0.1, 0.15) is 4.99 Å². The Labute approximate surface area is 137 Å². The van der Waals surface area contributed by atoms with Gasteiger partial charge >= 0.3 is 0 Å². The van der Waals surface area contributed by atoms with Gasteiger partial charge in [0.2, 0.25) is 0 Å². The van der Waals surface area contributed by atoms with Crippen LogP contribution in [0.15, 0.2) is 47.4 Å². The highest BCUT2D eigenvalue weighted by molar-refractivity contribution is 7.98. The standard InChI is InChI=1S/C15H13ClN2OS2/c1-21-13-5-3-2-4-11(13)15(19)18-12-8-9(16)6-7-10(12)14(17)20/h2-8H,1H3,(H2,17,20)(H,18,19). The molecule has 0 spiro atoms. The van der Waals surface area contributed by atoms with Crippen LogP contribution in [0, 0.1) is 0 Å². The molecule has 0 aliphatic rings. The van der Waals surface area contributed by atoms with E-state index in [1.165, 1.54) is 11.8 Å². The molecule has 0 aliphatic heterocycles. The molecule has 0 heterocycles. The van der Waals surface area contributed by atoms with Gasteiger partial charge in [-0.1, -0.05) is 36.0 Å². The van der Waals surface area contributed by atoms with Gasteiger partial charge in [-0.25, -0.2) is 0 Å². The van der Waals surface area contributed by atoms with Crippen LogP contribution >= 0.6 is 35.6 Å². The molecule has 108 valence electrons. The number of thioether (sulfide) groups is 1. The van der Waals surface area contributed by atoms with E-state index in [4.69, 9.17) is 29.6 Å². The molecule has 2 rings (SSSR count). The first-order valence-electron chi connectivity index (χ1n) is 6.06.